The highest BCUT2D eigenvalue weighted by Gasteiger charge is 2.24. The maximum absolute atomic E-state index is 12.6. The van der Waals surface area contributed by atoms with Crippen LogP contribution in [0.1, 0.15) is 20.7 Å². The number of benzene rings is 2. The lowest BCUT2D eigenvalue weighted by Crippen LogP contribution is -2.43. The molecule has 0 saturated carbocycles. The van der Waals surface area contributed by atoms with Gasteiger partial charge in [-0.15, -0.1) is 0 Å². The second-order valence-corrected chi connectivity index (χ2v) is 8.90. The summed E-state index contributed by atoms with van der Waals surface area (Å²) in [6, 6.07) is 13.1. The third-order valence-corrected chi connectivity index (χ3v) is 6.65. The quantitative estimate of drug-likeness (QED) is 0.631. The SMILES string of the molecule is COc1ccc(C(=O)Nc2ccccc2C(=O)NCCS(=O)(=O)N2CCOCC2)cc1. The summed E-state index contributed by atoms with van der Waals surface area (Å²) in [6.07, 6.45) is 0. The molecule has 1 heterocycles. The number of anilines is 1. The molecule has 1 saturated heterocycles. The van der Waals surface area contributed by atoms with Gasteiger partial charge < -0.3 is 20.1 Å². The number of carbonyl (C=O) groups is 2. The van der Waals surface area contributed by atoms with Crippen LogP contribution in [0.15, 0.2) is 48.5 Å². The van der Waals surface area contributed by atoms with Crippen molar-refractivity contribution in [1.29, 1.82) is 0 Å². The largest absolute Gasteiger partial charge is 0.497 e. The summed E-state index contributed by atoms with van der Waals surface area (Å²) in [7, 11) is -1.94. The van der Waals surface area contributed by atoms with Crippen LogP contribution in [0.5, 0.6) is 5.75 Å². The summed E-state index contributed by atoms with van der Waals surface area (Å²) in [6.45, 7) is 1.33. The summed E-state index contributed by atoms with van der Waals surface area (Å²) in [5.41, 5.74) is 0.984. The Balaban J connectivity index is 1.61. The number of methoxy groups -OCH3 is 1. The van der Waals surface area contributed by atoms with Gasteiger partial charge in [-0.05, 0) is 36.4 Å². The number of morpholine rings is 1. The van der Waals surface area contributed by atoms with Crippen LogP contribution in [0, 0.1) is 0 Å². The van der Waals surface area contributed by atoms with E-state index in [1.54, 1.807) is 48.5 Å². The maximum Gasteiger partial charge on any atom is 0.255 e. The van der Waals surface area contributed by atoms with Gasteiger partial charge in [0, 0.05) is 25.2 Å². The fourth-order valence-corrected chi connectivity index (χ4v) is 4.39. The van der Waals surface area contributed by atoms with Gasteiger partial charge in [-0.1, -0.05) is 12.1 Å². The first kappa shape index (κ1) is 22.7. The Hall–Kier alpha value is -2.95. The van der Waals surface area contributed by atoms with Gasteiger partial charge in [0.2, 0.25) is 10.0 Å². The molecule has 2 aromatic carbocycles. The second-order valence-electron chi connectivity index (χ2n) is 6.81. The summed E-state index contributed by atoms with van der Waals surface area (Å²) >= 11 is 0. The van der Waals surface area contributed by atoms with Crippen LogP contribution in [0.3, 0.4) is 0 Å². The zero-order valence-electron chi connectivity index (χ0n) is 17.2. The Morgan fingerprint density at radius 3 is 2.39 bits per heavy atom. The third-order valence-electron chi connectivity index (χ3n) is 4.78. The smallest absolute Gasteiger partial charge is 0.255 e. The Bertz CT molecular complexity index is 1020. The van der Waals surface area contributed by atoms with E-state index in [9.17, 15) is 18.0 Å². The molecule has 0 bridgehead atoms. The molecule has 166 valence electrons. The van der Waals surface area contributed by atoms with Crippen molar-refractivity contribution < 1.29 is 27.5 Å². The predicted molar refractivity (Wildman–Crippen MR) is 116 cm³/mol. The predicted octanol–water partition coefficient (Wildman–Crippen LogP) is 1.34. The van der Waals surface area contributed by atoms with E-state index in [1.165, 1.54) is 11.4 Å². The van der Waals surface area contributed by atoms with E-state index in [0.29, 0.717) is 43.3 Å². The van der Waals surface area contributed by atoms with Crippen molar-refractivity contribution in [3.05, 3.63) is 59.7 Å². The molecule has 0 aliphatic carbocycles. The zero-order valence-corrected chi connectivity index (χ0v) is 18.0. The van der Waals surface area contributed by atoms with Gasteiger partial charge in [-0.25, -0.2) is 8.42 Å². The van der Waals surface area contributed by atoms with E-state index in [-0.39, 0.29) is 23.8 Å². The van der Waals surface area contributed by atoms with Gasteiger partial charge in [0.15, 0.2) is 0 Å². The summed E-state index contributed by atoms with van der Waals surface area (Å²) < 4.78 is 36.4. The fraction of sp³-hybridized carbons (Fsp3) is 0.333. The number of sulfonamides is 1. The molecule has 2 N–H and O–H groups in total. The lowest BCUT2D eigenvalue weighted by atomic mass is 10.1. The van der Waals surface area contributed by atoms with Crippen molar-refractivity contribution in [3.8, 4) is 5.75 Å². The van der Waals surface area contributed by atoms with Crippen LogP contribution in [0.25, 0.3) is 0 Å². The van der Waals surface area contributed by atoms with Crippen molar-refractivity contribution in [3.63, 3.8) is 0 Å². The first-order valence-electron chi connectivity index (χ1n) is 9.79. The fourth-order valence-electron chi connectivity index (χ4n) is 3.07. The first-order chi connectivity index (χ1) is 14.9. The number of amides is 2. The minimum Gasteiger partial charge on any atom is -0.497 e. The maximum atomic E-state index is 12.6. The summed E-state index contributed by atoms with van der Waals surface area (Å²) in [5.74, 6) is -0.428. The molecule has 0 radical (unpaired) electrons. The Morgan fingerprint density at radius 2 is 1.71 bits per heavy atom. The second kappa shape index (κ2) is 10.4. The van der Waals surface area contributed by atoms with E-state index in [4.69, 9.17) is 9.47 Å². The zero-order chi connectivity index (χ0) is 22.3. The van der Waals surface area contributed by atoms with Gasteiger partial charge in [0.1, 0.15) is 5.75 Å². The van der Waals surface area contributed by atoms with Crippen molar-refractivity contribution in [1.82, 2.24) is 9.62 Å². The van der Waals surface area contributed by atoms with Gasteiger partial charge in [-0.2, -0.15) is 4.31 Å². The highest BCUT2D eigenvalue weighted by atomic mass is 32.2. The molecule has 1 aliphatic heterocycles. The van der Waals surface area contributed by atoms with Crippen molar-refractivity contribution >= 4 is 27.5 Å². The van der Waals surface area contributed by atoms with Crippen molar-refractivity contribution in [2.24, 2.45) is 0 Å². The van der Waals surface area contributed by atoms with Crippen LogP contribution < -0.4 is 15.4 Å². The Labute approximate surface area is 181 Å². The monoisotopic (exact) mass is 447 g/mol. The van der Waals surface area contributed by atoms with E-state index < -0.39 is 15.9 Å². The number of nitrogens with zero attached hydrogens (tertiary/aromatic N) is 1. The summed E-state index contributed by atoms with van der Waals surface area (Å²) in [5, 5.41) is 5.34. The topological polar surface area (TPSA) is 114 Å². The van der Waals surface area contributed by atoms with E-state index in [2.05, 4.69) is 10.6 Å². The van der Waals surface area contributed by atoms with E-state index >= 15 is 0 Å². The first-order valence-corrected chi connectivity index (χ1v) is 11.4. The Kier molecular flexibility index (Phi) is 7.61. The van der Waals surface area contributed by atoms with Crippen LogP contribution >= 0.6 is 0 Å². The number of hydrogen-bond acceptors (Lipinski definition) is 6. The van der Waals surface area contributed by atoms with Gasteiger partial charge >= 0.3 is 0 Å². The van der Waals surface area contributed by atoms with Crippen molar-refractivity contribution in [2.45, 2.75) is 0 Å². The lowest BCUT2D eigenvalue weighted by molar-refractivity contribution is 0.0730. The number of para-hydroxylation sites is 1. The molecule has 10 heteroatoms. The highest BCUT2D eigenvalue weighted by molar-refractivity contribution is 7.89. The molecule has 3 rings (SSSR count). The van der Waals surface area contributed by atoms with Gasteiger partial charge in [0.05, 0.1) is 37.3 Å². The standard InChI is InChI=1S/C21H25N3O6S/c1-29-17-8-6-16(7-9-17)20(25)23-19-5-3-2-4-18(19)21(26)22-10-15-31(27,28)24-11-13-30-14-12-24/h2-9H,10-15H2,1H3,(H,22,26)(H,23,25). The molecule has 2 amide bonds. The molecule has 9 nitrogen and oxygen atoms in total. The number of carbonyl (C=O) groups excluding carboxylic acids is 2. The molecule has 2 aromatic rings. The molecule has 0 unspecified atom stereocenters. The number of hydrogen-bond donors (Lipinski definition) is 2. The number of rotatable bonds is 8. The molecular weight excluding hydrogens is 422 g/mol. The normalized spacial score (nSPS) is 14.6. The molecular formula is C21H25N3O6S. The molecule has 1 fully saturated rings. The average Bonchev–Trinajstić information content (AvgIpc) is 2.80. The molecule has 0 atom stereocenters. The summed E-state index contributed by atoms with van der Waals surface area (Å²) in [4.78, 5) is 25.2. The number of nitrogens with one attached hydrogen (secondary N) is 2. The third kappa shape index (κ3) is 6.03. The van der Waals surface area contributed by atoms with Gasteiger partial charge in [-0.3, -0.25) is 9.59 Å². The lowest BCUT2D eigenvalue weighted by Gasteiger charge is -2.26. The van der Waals surface area contributed by atoms with Crippen LogP contribution in [0.4, 0.5) is 5.69 Å². The molecule has 1 aliphatic rings. The Morgan fingerprint density at radius 1 is 1.03 bits per heavy atom. The van der Waals surface area contributed by atoms with Crippen LogP contribution in [-0.2, 0) is 14.8 Å². The van der Waals surface area contributed by atoms with E-state index in [1.807, 2.05) is 0 Å². The van der Waals surface area contributed by atoms with Gasteiger partial charge in [0.25, 0.3) is 11.8 Å². The average molecular weight is 448 g/mol. The molecule has 0 aromatic heterocycles. The minimum absolute atomic E-state index is 0.0424. The highest BCUT2D eigenvalue weighted by Crippen LogP contribution is 2.18. The van der Waals surface area contributed by atoms with Crippen LogP contribution in [-0.4, -0.2) is 70.2 Å². The van der Waals surface area contributed by atoms with E-state index in [0.717, 1.165) is 0 Å². The number of ether oxygens (including phenoxy) is 2. The minimum atomic E-state index is -3.47. The molecule has 0 spiro atoms. The molecule has 31 heavy (non-hydrogen) atoms. The van der Waals surface area contributed by atoms with Crippen molar-refractivity contribution in [2.75, 3.05) is 51.0 Å². The van der Waals surface area contributed by atoms with Crippen LogP contribution in [0.2, 0.25) is 0 Å².